The van der Waals surface area contributed by atoms with Crippen molar-refractivity contribution in [1.29, 1.82) is 0 Å². The maximum absolute atomic E-state index is 11.4. The summed E-state index contributed by atoms with van der Waals surface area (Å²) in [5, 5.41) is 2.85. The Morgan fingerprint density at radius 1 is 1.44 bits per heavy atom. The number of terminal acetylenes is 1. The topological polar surface area (TPSA) is 29.1 Å². The van der Waals surface area contributed by atoms with Gasteiger partial charge in [0.05, 0.1) is 0 Å². The third-order valence-electron chi connectivity index (χ3n) is 2.41. The highest BCUT2D eigenvalue weighted by atomic mass is 16.1. The van der Waals surface area contributed by atoms with E-state index in [9.17, 15) is 4.79 Å². The van der Waals surface area contributed by atoms with Crippen LogP contribution >= 0.6 is 0 Å². The lowest BCUT2D eigenvalue weighted by Crippen LogP contribution is -2.26. The van der Waals surface area contributed by atoms with Gasteiger partial charge in [-0.25, -0.2) is 0 Å². The molecule has 2 heteroatoms. The van der Waals surface area contributed by atoms with E-state index >= 15 is 0 Å². The van der Waals surface area contributed by atoms with Gasteiger partial charge in [-0.1, -0.05) is 44.4 Å². The molecule has 0 rings (SSSR count). The van der Waals surface area contributed by atoms with Gasteiger partial charge in [-0.15, -0.1) is 6.42 Å². The molecule has 0 bridgehead atoms. The Hall–Kier alpha value is -1.93. The zero-order valence-electron chi connectivity index (χ0n) is 11.2. The lowest BCUT2D eigenvalue weighted by molar-refractivity contribution is -0.116. The average Bonchev–Trinajstić information content (AvgIpc) is 2.39. The molecule has 0 aliphatic heterocycles. The number of allylic oxidation sites excluding steroid dienone is 3. The number of carbonyl (C=O) groups is 1. The van der Waals surface area contributed by atoms with Gasteiger partial charge in [0.2, 0.25) is 5.91 Å². The molecule has 0 aromatic heterocycles. The highest BCUT2D eigenvalue weighted by Crippen LogP contribution is 1.97. The smallest absolute Gasteiger partial charge is 0.243 e. The summed E-state index contributed by atoms with van der Waals surface area (Å²) in [7, 11) is 0. The van der Waals surface area contributed by atoms with Crippen LogP contribution in [0, 0.1) is 30.1 Å². The Labute approximate surface area is 111 Å². The van der Waals surface area contributed by atoms with Crippen LogP contribution < -0.4 is 5.32 Å². The number of unbranched alkanes of at least 4 members (excludes halogenated alkanes) is 1. The van der Waals surface area contributed by atoms with Gasteiger partial charge in [0.15, 0.2) is 0 Å². The number of rotatable bonds is 7. The summed E-state index contributed by atoms with van der Waals surface area (Å²) in [5.74, 6) is 8.12. The Bertz CT molecular complexity index is 388. The van der Waals surface area contributed by atoms with E-state index in [0.717, 1.165) is 25.8 Å². The predicted molar refractivity (Wildman–Crippen MR) is 76.6 cm³/mol. The molecule has 0 aliphatic carbocycles. The molecule has 0 aliphatic rings. The third-order valence-corrected chi connectivity index (χ3v) is 2.41. The van der Waals surface area contributed by atoms with Gasteiger partial charge in [-0.3, -0.25) is 4.79 Å². The van der Waals surface area contributed by atoms with Crippen molar-refractivity contribution in [2.24, 2.45) is 5.92 Å². The molecule has 0 spiro atoms. The van der Waals surface area contributed by atoms with E-state index in [1.807, 2.05) is 12.2 Å². The van der Waals surface area contributed by atoms with Crippen molar-refractivity contribution < 1.29 is 4.79 Å². The van der Waals surface area contributed by atoms with Crippen LogP contribution in [0.5, 0.6) is 0 Å². The van der Waals surface area contributed by atoms with E-state index in [-0.39, 0.29) is 5.91 Å². The first kappa shape index (κ1) is 16.1. The monoisotopic (exact) mass is 243 g/mol. The molecule has 0 aromatic rings. The second-order valence-corrected chi connectivity index (χ2v) is 4.03. The molecule has 1 amide bonds. The summed E-state index contributed by atoms with van der Waals surface area (Å²) in [6.07, 6.45) is 14.7. The van der Waals surface area contributed by atoms with E-state index in [0.29, 0.717) is 5.92 Å². The summed E-state index contributed by atoms with van der Waals surface area (Å²) in [4.78, 5) is 11.4. The van der Waals surface area contributed by atoms with Crippen molar-refractivity contribution in [2.45, 2.75) is 33.1 Å². The first-order chi connectivity index (χ1) is 8.70. The van der Waals surface area contributed by atoms with E-state index < -0.39 is 0 Å². The minimum absolute atomic E-state index is 0.0490. The first-order valence-corrected chi connectivity index (χ1v) is 6.25. The van der Waals surface area contributed by atoms with Crippen LogP contribution in [0.1, 0.15) is 33.1 Å². The van der Waals surface area contributed by atoms with Gasteiger partial charge in [-0.2, -0.15) is 0 Å². The van der Waals surface area contributed by atoms with Crippen molar-refractivity contribution in [1.82, 2.24) is 5.32 Å². The molecule has 1 N–H and O–H groups in total. The van der Waals surface area contributed by atoms with Crippen LogP contribution in [0.15, 0.2) is 24.3 Å². The van der Waals surface area contributed by atoms with E-state index in [4.69, 9.17) is 6.42 Å². The SMILES string of the molecule is C#CC#CCC/C=C\C=C\C(=O)NCC(C)CC. The number of carbonyl (C=O) groups excluding carboxylic acids is 1. The van der Waals surface area contributed by atoms with Crippen molar-refractivity contribution >= 4 is 5.91 Å². The molecule has 0 heterocycles. The van der Waals surface area contributed by atoms with Crippen LogP contribution in [0.25, 0.3) is 0 Å². The normalized spacial score (nSPS) is 11.8. The Morgan fingerprint density at radius 2 is 2.22 bits per heavy atom. The quantitative estimate of drug-likeness (QED) is 0.317. The molecule has 0 saturated carbocycles. The minimum Gasteiger partial charge on any atom is -0.352 e. The second-order valence-electron chi connectivity index (χ2n) is 4.03. The van der Waals surface area contributed by atoms with Crippen LogP contribution in [-0.4, -0.2) is 12.5 Å². The number of hydrogen-bond acceptors (Lipinski definition) is 1. The summed E-state index contributed by atoms with van der Waals surface area (Å²) >= 11 is 0. The molecule has 1 atom stereocenters. The van der Waals surface area contributed by atoms with Gasteiger partial charge < -0.3 is 5.32 Å². The fourth-order valence-corrected chi connectivity index (χ4v) is 1.06. The Kier molecular flexibility index (Phi) is 10.3. The van der Waals surface area contributed by atoms with Gasteiger partial charge in [0.1, 0.15) is 0 Å². The molecule has 0 fully saturated rings. The number of amides is 1. The second kappa shape index (κ2) is 11.6. The number of nitrogens with one attached hydrogen (secondary N) is 1. The molecule has 0 saturated heterocycles. The van der Waals surface area contributed by atoms with E-state index in [2.05, 4.69) is 36.9 Å². The third kappa shape index (κ3) is 10.6. The summed E-state index contributed by atoms with van der Waals surface area (Å²) < 4.78 is 0. The molecule has 18 heavy (non-hydrogen) atoms. The summed E-state index contributed by atoms with van der Waals surface area (Å²) in [6.45, 7) is 4.95. The molecular weight excluding hydrogens is 222 g/mol. The molecular formula is C16H21NO. The predicted octanol–water partition coefficient (Wildman–Crippen LogP) is 2.68. The van der Waals surface area contributed by atoms with Crippen LogP contribution in [0.3, 0.4) is 0 Å². The molecule has 2 nitrogen and oxygen atoms in total. The van der Waals surface area contributed by atoms with Crippen molar-refractivity contribution in [2.75, 3.05) is 6.54 Å². The fraction of sp³-hybridized carbons (Fsp3) is 0.438. The van der Waals surface area contributed by atoms with E-state index in [1.54, 1.807) is 6.08 Å². The van der Waals surface area contributed by atoms with Crippen LogP contribution in [-0.2, 0) is 4.79 Å². The largest absolute Gasteiger partial charge is 0.352 e. The van der Waals surface area contributed by atoms with Crippen LogP contribution in [0.2, 0.25) is 0 Å². The summed E-state index contributed by atoms with van der Waals surface area (Å²) in [6, 6.07) is 0. The molecule has 1 unspecified atom stereocenters. The van der Waals surface area contributed by atoms with Crippen molar-refractivity contribution in [3.63, 3.8) is 0 Å². The van der Waals surface area contributed by atoms with Crippen molar-refractivity contribution in [3.8, 4) is 24.2 Å². The Morgan fingerprint density at radius 3 is 2.89 bits per heavy atom. The van der Waals surface area contributed by atoms with E-state index in [1.165, 1.54) is 6.08 Å². The van der Waals surface area contributed by atoms with Crippen LogP contribution in [0.4, 0.5) is 0 Å². The lowest BCUT2D eigenvalue weighted by Gasteiger charge is -2.07. The standard InChI is InChI=1S/C16H21NO/c1-4-6-7-8-9-10-11-12-13-16(18)17-14-15(3)5-2/h1,10-13,15H,5,8-9,14H2,2-3H3,(H,17,18)/b11-10-,13-12+. The van der Waals surface area contributed by atoms with Gasteiger partial charge in [-0.05, 0) is 24.2 Å². The minimum atomic E-state index is -0.0490. The highest BCUT2D eigenvalue weighted by Gasteiger charge is 1.99. The maximum atomic E-state index is 11.4. The maximum Gasteiger partial charge on any atom is 0.243 e. The zero-order valence-corrected chi connectivity index (χ0v) is 11.2. The van der Waals surface area contributed by atoms with Crippen molar-refractivity contribution in [3.05, 3.63) is 24.3 Å². The first-order valence-electron chi connectivity index (χ1n) is 6.25. The van der Waals surface area contributed by atoms with Gasteiger partial charge in [0.25, 0.3) is 0 Å². The lowest BCUT2D eigenvalue weighted by atomic mass is 10.1. The molecule has 96 valence electrons. The van der Waals surface area contributed by atoms with Gasteiger partial charge >= 0.3 is 0 Å². The summed E-state index contributed by atoms with van der Waals surface area (Å²) in [5.41, 5.74) is 0. The molecule has 0 radical (unpaired) electrons. The zero-order chi connectivity index (χ0) is 13.6. The fourth-order valence-electron chi connectivity index (χ4n) is 1.06. The average molecular weight is 243 g/mol. The molecule has 0 aromatic carbocycles. The highest BCUT2D eigenvalue weighted by molar-refractivity contribution is 5.87. The van der Waals surface area contributed by atoms with Gasteiger partial charge in [0, 0.05) is 19.0 Å². The Balaban J connectivity index is 3.71. The number of hydrogen-bond donors (Lipinski definition) is 1.